The van der Waals surface area contributed by atoms with Crippen molar-refractivity contribution in [2.75, 3.05) is 158 Å². The van der Waals surface area contributed by atoms with E-state index in [-0.39, 0.29) is 0 Å². The molecule has 42 heavy (non-hydrogen) atoms. The maximum absolute atomic E-state index is 5.64. The highest BCUT2D eigenvalue weighted by Crippen LogP contribution is 2.12. The predicted molar refractivity (Wildman–Crippen MR) is 158 cm³/mol. The molecule has 0 amide bonds. The Labute approximate surface area is 251 Å². The Morgan fingerprint density at radius 1 is 0.405 bits per heavy atom. The van der Waals surface area contributed by atoms with Gasteiger partial charge in [-0.05, 0) is 31.3 Å². The van der Waals surface area contributed by atoms with Gasteiger partial charge in [-0.25, -0.2) is 0 Å². The number of rotatable bonds is 34. The van der Waals surface area contributed by atoms with Gasteiger partial charge in [-0.2, -0.15) is 0 Å². The number of nitrogens with two attached hydrogens (primary N) is 1. The highest BCUT2D eigenvalue weighted by Gasteiger charge is 1.97. The van der Waals surface area contributed by atoms with Crippen LogP contribution in [-0.2, 0) is 47.4 Å². The zero-order chi connectivity index (χ0) is 30.0. The maximum atomic E-state index is 5.64. The molecule has 0 aromatic heterocycles. The summed E-state index contributed by atoms with van der Waals surface area (Å²) in [5, 5.41) is 3.02. The molecular formula is C29H54N2O11. The molecule has 0 spiro atoms. The first-order chi connectivity index (χ1) is 20.8. The molecule has 13 nitrogen and oxygen atoms in total. The van der Waals surface area contributed by atoms with Crippen molar-refractivity contribution in [3.05, 3.63) is 24.3 Å². The lowest BCUT2D eigenvalue weighted by molar-refractivity contribution is -0.0266. The third-order valence-electron chi connectivity index (χ3n) is 5.22. The summed E-state index contributed by atoms with van der Waals surface area (Å²) in [5.74, 6) is 0.773. The molecule has 0 atom stereocenters. The fourth-order valence-corrected chi connectivity index (χ4v) is 3.04. The summed E-state index contributed by atoms with van der Waals surface area (Å²) in [6.07, 6.45) is 0. The van der Waals surface area contributed by atoms with Crippen LogP contribution in [0.2, 0.25) is 0 Å². The molecule has 0 aliphatic carbocycles. The van der Waals surface area contributed by atoms with Crippen LogP contribution < -0.4 is 15.8 Å². The van der Waals surface area contributed by atoms with E-state index in [1.165, 1.54) is 0 Å². The number of hydrogen-bond donors (Lipinski definition) is 2. The van der Waals surface area contributed by atoms with Gasteiger partial charge in [0.25, 0.3) is 0 Å². The Hall–Kier alpha value is -1.62. The van der Waals surface area contributed by atoms with Crippen LogP contribution in [-0.4, -0.2) is 152 Å². The summed E-state index contributed by atoms with van der Waals surface area (Å²) in [7, 11) is 1.90. The summed E-state index contributed by atoms with van der Waals surface area (Å²) in [4.78, 5) is 0. The first-order valence-electron chi connectivity index (χ1n) is 14.7. The van der Waals surface area contributed by atoms with Crippen LogP contribution in [0.1, 0.15) is 0 Å². The van der Waals surface area contributed by atoms with E-state index in [0.29, 0.717) is 144 Å². The van der Waals surface area contributed by atoms with Crippen LogP contribution in [0.15, 0.2) is 24.3 Å². The van der Waals surface area contributed by atoms with Gasteiger partial charge in [0, 0.05) is 12.2 Å². The molecule has 13 heteroatoms. The number of benzene rings is 1. The summed E-state index contributed by atoms with van der Waals surface area (Å²) in [5.41, 5.74) is 6.35. The van der Waals surface area contributed by atoms with E-state index < -0.39 is 0 Å². The van der Waals surface area contributed by atoms with Gasteiger partial charge < -0.3 is 63.2 Å². The first kappa shape index (κ1) is 38.4. The summed E-state index contributed by atoms with van der Waals surface area (Å²) >= 11 is 0. The molecule has 0 fully saturated rings. The standard InChI is InChI=1S/C29H54N2O11/c1-31-6-7-32-8-9-33-10-11-34-12-13-35-14-15-36-16-17-37-18-19-38-20-21-39-22-23-40-24-25-41-26-27-42-29-4-2-28(30)3-5-29/h2-5,31H,6-27,30H2,1H3. The lowest BCUT2D eigenvalue weighted by Crippen LogP contribution is -2.17. The van der Waals surface area contributed by atoms with E-state index in [1.54, 1.807) is 12.1 Å². The normalized spacial score (nSPS) is 11.4. The number of likely N-dealkylation sites (N-methyl/N-ethyl adjacent to an activating group) is 1. The van der Waals surface area contributed by atoms with Crippen LogP contribution in [0.5, 0.6) is 5.75 Å². The van der Waals surface area contributed by atoms with Crippen molar-refractivity contribution in [1.29, 1.82) is 0 Å². The van der Waals surface area contributed by atoms with Gasteiger partial charge in [-0.15, -0.1) is 0 Å². The smallest absolute Gasteiger partial charge is 0.119 e. The van der Waals surface area contributed by atoms with Crippen molar-refractivity contribution < 1.29 is 52.1 Å². The van der Waals surface area contributed by atoms with Crippen LogP contribution in [0.4, 0.5) is 5.69 Å². The van der Waals surface area contributed by atoms with Gasteiger partial charge in [-0.1, -0.05) is 0 Å². The molecule has 1 aromatic carbocycles. The van der Waals surface area contributed by atoms with Crippen molar-refractivity contribution >= 4 is 5.69 Å². The Morgan fingerprint density at radius 3 is 0.952 bits per heavy atom. The fraction of sp³-hybridized carbons (Fsp3) is 0.793. The van der Waals surface area contributed by atoms with E-state index >= 15 is 0 Å². The average Bonchev–Trinajstić information content (AvgIpc) is 3.00. The molecule has 0 radical (unpaired) electrons. The Balaban J connectivity index is 1.63. The summed E-state index contributed by atoms with van der Waals surface area (Å²) in [6, 6.07) is 7.27. The average molecular weight is 607 g/mol. The molecular weight excluding hydrogens is 552 g/mol. The largest absolute Gasteiger partial charge is 0.491 e. The van der Waals surface area contributed by atoms with E-state index in [2.05, 4.69) is 5.32 Å². The van der Waals surface area contributed by atoms with E-state index in [1.807, 2.05) is 19.2 Å². The molecule has 3 N–H and O–H groups in total. The molecule has 0 aliphatic heterocycles. The Kier molecular flexibility index (Phi) is 29.5. The van der Waals surface area contributed by atoms with Gasteiger partial charge in [0.1, 0.15) is 12.4 Å². The quantitative estimate of drug-likeness (QED) is 0.0854. The topological polar surface area (TPSA) is 140 Å². The second-order valence-electron chi connectivity index (χ2n) is 8.64. The fourth-order valence-electron chi connectivity index (χ4n) is 3.04. The molecule has 0 heterocycles. The highest BCUT2D eigenvalue weighted by atomic mass is 16.6. The molecule has 0 bridgehead atoms. The molecule has 0 aliphatic rings. The minimum Gasteiger partial charge on any atom is -0.491 e. The molecule has 0 saturated heterocycles. The molecule has 1 aromatic rings. The van der Waals surface area contributed by atoms with Crippen molar-refractivity contribution in [3.8, 4) is 5.75 Å². The van der Waals surface area contributed by atoms with E-state index in [0.717, 1.165) is 12.3 Å². The van der Waals surface area contributed by atoms with Crippen LogP contribution >= 0.6 is 0 Å². The van der Waals surface area contributed by atoms with Crippen LogP contribution in [0, 0.1) is 0 Å². The molecule has 0 unspecified atom stereocenters. The third-order valence-corrected chi connectivity index (χ3v) is 5.22. The first-order valence-corrected chi connectivity index (χ1v) is 14.7. The zero-order valence-corrected chi connectivity index (χ0v) is 25.4. The van der Waals surface area contributed by atoms with Crippen molar-refractivity contribution in [1.82, 2.24) is 5.32 Å². The Bertz CT molecular complexity index is 659. The van der Waals surface area contributed by atoms with Crippen molar-refractivity contribution in [2.24, 2.45) is 0 Å². The number of nitrogen functional groups attached to an aromatic ring is 1. The second-order valence-corrected chi connectivity index (χ2v) is 8.64. The Morgan fingerprint density at radius 2 is 0.667 bits per heavy atom. The van der Waals surface area contributed by atoms with E-state index in [9.17, 15) is 0 Å². The SMILES string of the molecule is CNCCOCCOCCOCCOCCOCCOCCOCCOCCOCCOCCOc1ccc(N)cc1. The maximum Gasteiger partial charge on any atom is 0.119 e. The summed E-state index contributed by atoms with van der Waals surface area (Å²) < 4.78 is 60.0. The molecule has 246 valence electrons. The number of nitrogens with one attached hydrogen (secondary N) is 1. The minimum atomic E-state index is 0.478. The molecule has 1 rings (SSSR count). The van der Waals surface area contributed by atoms with Crippen molar-refractivity contribution in [3.63, 3.8) is 0 Å². The monoisotopic (exact) mass is 606 g/mol. The highest BCUT2D eigenvalue weighted by molar-refractivity contribution is 5.41. The number of anilines is 1. The number of hydrogen-bond acceptors (Lipinski definition) is 13. The lowest BCUT2D eigenvalue weighted by Gasteiger charge is -2.09. The van der Waals surface area contributed by atoms with Crippen molar-refractivity contribution in [2.45, 2.75) is 0 Å². The summed E-state index contributed by atoms with van der Waals surface area (Å²) in [6.45, 7) is 12.0. The predicted octanol–water partition coefficient (Wildman–Crippen LogP) is 1.03. The third kappa shape index (κ3) is 28.5. The minimum absolute atomic E-state index is 0.478. The second kappa shape index (κ2) is 32.3. The van der Waals surface area contributed by atoms with Gasteiger partial charge >= 0.3 is 0 Å². The van der Waals surface area contributed by atoms with Crippen LogP contribution in [0.3, 0.4) is 0 Å². The van der Waals surface area contributed by atoms with Gasteiger partial charge in [0.2, 0.25) is 0 Å². The molecule has 0 saturated carbocycles. The lowest BCUT2D eigenvalue weighted by atomic mass is 10.3. The zero-order valence-electron chi connectivity index (χ0n) is 25.4. The van der Waals surface area contributed by atoms with Gasteiger partial charge in [0.05, 0.1) is 132 Å². The van der Waals surface area contributed by atoms with E-state index in [4.69, 9.17) is 57.8 Å². The van der Waals surface area contributed by atoms with Gasteiger partial charge in [0.15, 0.2) is 0 Å². The van der Waals surface area contributed by atoms with Gasteiger partial charge in [-0.3, -0.25) is 0 Å². The number of ether oxygens (including phenoxy) is 11. The van der Waals surface area contributed by atoms with Crippen LogP contribution in [0.25, 0.3) is 0 Å².